The average molecular weight is 748 g/mol. The number of piperidine rings is 2. The molecule has 0 radical (unpaired) electrons. The highest BCUT2D eigenvalue weighted by molar-refractivity contribution is 9.10. The zero-order valence-electron chi connectivity index (χ0n) is 29.3. The highest BCUT2D eigenvalue weighted by Crippen LogP contribution is 2.47. The molecule has 2 aromatic carbocycles. The molecule has 2 aromatic heterocycles. The Morgan fingerprint density at radius 1 is 0.959 bits per heavy atom. The van der Waals surface area contributed by atoms with Crippen LogP contribution in [0.5, 0.6) is 5.75 Å². The van der Waals surface area contributed by atoms with E-state index in [2.05, 4.69) is 83.8 Å². The number of hydrogen-bond acceptors (Lipinski definition) is 9. The molecular formula is C37H48BrN8O2P. The maximum atomic E-state index is 13.6. The predicted octanol–water partition coefficient (Wildman–Crippen LogP) is 8.02. The van der Waals surface area contributed by atoms with Gasteiger partial charge in [-0.15, -0.1) is 0 Å². The van der Waals surface area contributed by atoms with Crippen LogP contribution in [0.4, 0.5) is 28.8 Å². The summed E-state index contributed by atoms with van der Waals surface area (Å²) in [7, 11) is 1.06. The van der Waals surface area contributed by atoms with Gasteiger partial charge in [0.1, 0.15) is 18.7 Å². The van der Waals surface area contributed by atoms with Crippen molar-refractivity contribution in [2.45, 2.75) is 63.8 Å². The average Bonchev–Trinajstić information content (AvgIpc) is 3.84. The first-order chi connectivity index (χ1) is 23.6. The molecule has 3 fully saturated rings. The first-order valence-electron chi connectivity index (χ1n) is 17.5. The van der Waals surface area contributed by atoms with Gasteiger partial charge >= 0.3 is 0 Å². The number of ether oxygens (including phenoxy) is 1. The van der Waals surface area contributed by atoms with Crippen LogP contribution in [-0.4, -0.2) is 77.3 Å². The first kappa shape index (κ1) is 34.1. The number of hydrogen-bond donors (Lipinski definition) is 2. The molecule has 1 saturated carbocycles. The second kappa shape index (κ2) is 14.1. The molecule has 3 aliphatic rings. The summed E-state index contributed by atoms with van der Waals surface area (Å²) in [6.07, 6.45) is 14.4. The molecule has 12 heteroatoms. The van der Waals surface area contributed by atoms with E-state index in [1.54, 1.807) is 13.3 Å². The highest BCUT2D eigenvalue weighted by atomic mass is 79.9. The van der Waals surface area contributed by atoms with Gasteiger partial charge < -0.3 is 29.7 Å². The van der Waals surface area contributed by atoms with Crippen molar-refractivity contribution >= 4 is 57.2 Å². The summed E-state index contributed by atoms with van der Waals surface area (Å²) in [5.41, 5.74) is 7.27. The second-order valence-corrected chi connectivity index (χ2v) is 18.2. The van der Waals surface area contributed by atoms with E-state index in [0.717, 1.165) is 65.0 Å². The summed E-state index contributed by atoms with van der Waals surface area (Å²) in [4.78, 5) is 14.7. The number of halogens is 1. The molecule has 4 aromatic rings. The van der Waals surface area contributed by atoms with Gasteiger partial charge in [-0.2, -0.15) is 10.1 Å². The largest absolute Gasteiger partial charge is 0.494 e. The SMILES string of the molecule is COc1cc(N2CCC(N3CCCCC3)CC2)c(-c2cnn(C)c2)cc1Nc1ncc(Br)c(Nc2ccc(C3CC3)c(C)c2P(C)(C)=O)n1. The number of nitrogens with zero attached hydrogens (tertiary/aromatic N) is 6. The van der Waals surface area contributed by atoms with Gasteiger partial charge in [0.25, 0.3) is 0 Å². The molecule has 0 amide bonds. The zero-order chi connectivity index (χ0) is 34.3. The van der Waals surface area contributed by atoms with Crippen molar-refractivity contribution in [3.05, 3.63) is 58.5 Å². The minimum atomic E-state index is -2.59. The van der Waals surface area contributed by atoms with Gasteiger partial charge in [-0.1, -0.05) is 12.5 Å². The third-order valence-electron chi connectivity index (χ3n) is 10.3. The van der Waals surface area contributed by atoms with Crippen molar-refractivity contribution in [3.8, 4) is 16.9 Å². The van der Waals surface area contributed by atoms with Gasteiger partial charge in [-0.25, -0.2) is 4.98 Å². The number of aryl methyl sites for hydroxylation is 1. The Bertz CT molecular complexity index is 1870. The third-order valence-corrected chi connectivity index (χ3v) is 12.6. The van der Waals surface area contributed by atoms with E-state index < -0.39 is 7.14 Å². The van der Waals surface area contributed by atoms with Crippen molar-refractivity contribution in [1.82, 2.24) is 24.6 Å². The van der Waals surface area contributed by atoms with Crippen molar-refractivity contribution < 1.29 is 9.30 Å². The summed E-state index contributed by atoms with van der Waals surface area (Å²) in [5.74, 6) is 2.30. The molecule has 2 N–H and O–H groups in total. The molecule has 0 spiro atoms. The van der Waals surface area contributed by atoms with Crippen molar-refractivity contribution in [2.75, 3.05) is 62.2 Å². The lowest BCUT2D eigenvalue weighted by Gasteiger charge is -2.41. The van der Waals surface area contributed by atoms with Crippen LogP contribution >= 0.6 is 23.1 Å². The van der Waals surface area contributed by atoms with Crippen molar-refractivity contribution in [2.24, 2.45) is 7.05 Å². The second-order valence-electron chi connectivity index (χ2n) is 14.2. The van der Waals surface area contributed by atoms with Crippen LogP contribution in [0.1, 0.15) is 62.0 Å². The van der Waals surface area contributed by atoms with Crippen molar-refractivity contribution in [1.29, 1.82) is 0 Å². The Morgan fingerprint density at radius 2 is 1.71 bits per heavy atom. The number of likely N-dealkylation sites (tertiary alicyclic amines) is 1. The van der Waals surface area contributed by atoms with Crippen molar-refractivity contribution in [3.63, 3.8) is 0 Å². The molecule has 1 aliphatic carbocycles. The number of methoxy groups -OCH3 is 1. The van der Waals surface area contributed by atoms with Crippen LogP contribution in [-0.2, 0) is 11.6 Å². The van der Waals surface area contributed by atoms with Gasteiger partial charge in [-0.3, -0.25) is 4.68 Å². The number of anilines is 5. The lowest BCUT2D eigenvalue weighted by molar-refractivity contribution is 0.141. The molecule has 7 rings (SSSR count). The lowest BCUT2D eigenvalue weighted by atomic mass is 9.97. The minimum Gasteiger partial charge on any atom is -0.494 e. The third kappa shape index (κ3) is 7.40. The van der Waals surface area contributed by atoms with E-state index in [1.807, 2.05) is 31.3 Å². The topological polar surface area (TPSA) is 100 Å². The standard InChI is InChI=1S/C37H48BrN8O2P/c1-24-28(25-9-10-25)11-12-31(35(24)49(4,5)47)41-36-30(38)22-39-37(43-36)42-32-19-29(26-21-40-44(2)23-26)33(20-34(32)48-3)46-17-13-27(14-18-46)45-15-7-6-8-16-45/h11-12,19-23,25,27H,6-10,13-18H2,1-5H3,(H2,39,41,42,43). The molecule has 0 bridgehead atoms. The number of aromatic nitrogens is 4. The smallest absolute Gasteiger partial charge is 0.229 e. The Hall–Kier alpha value is -3.40. The molecule has 10 nitrogen and oxygen atoms in total. The highest BCUT2D eigenvalue weighted by Gasteiger charge is 2.30. The van der Waals surface area contributed by atoms with E-state index in [-0.39, 0.29) is 0 Å². The van der Waals surface area contributed by atoms with Crippen LogP contribution in [0.2, 0.25) is 0 Å². The molecule has 2 saturated heterocycles. The van der Waals surface area contributed by atoms with Crippen LogP contribution < -0.4 is 25.6 Å². The van der Waals surface area contributed by atoms with Crippen LogP contribution in [0.15, 0.2) is 47.3 Å². The summed E-state index contributed by atoms with van der Waals surface area (Å²) in [6, 6.07) is 9.15. The maximum Gasteiger partial charge on any atom is 0.229 e. The normalized spacial score (nSPS) is 17.7. The monoisotopic (exact) mass is 746 g/mol. The number of nitrogens with one attached hydrogen (secondary N) is 2. The fraction of sp³-hybridized carbons (Fsp3) is 0.486. The van der Waals surface area contributed by atoms with Gasteiger partial charge in [0, 0.05) is 66.8 Å². The van der Waals surface area contributed by atoms with Crippen LogP contribution in [0, 0.1) is 6.92 Å². The number of benzene rings is 2. The quantitative estimate of drug-likeness (QED) is 0.156. The van der Waals surface area contributed by atoms with E-state index in [4.69, 9.17) is 9.72 Å². The first-order valence-corrected chi connectivity index (χ1v) is 20.9. The summed E-state index contributed by atoms with van der Waals surface area (Å²) in [5, 5.41) is 12.3. The van der Waals surface area contributed by atoms with Crippen LogP contribution in [0.3, 0.4) is 0 Å². The van der Waals surface area contributed by atoms with Gasteiger partial charge in [0.05, 0.1) is 29.2 Å². The lowest BCUT2D eigenvalue weighted by Crippen LogP contribution is -2.46. The minimum absolute atomic E-state index is 0.417. The predicted molar refractivity (Wildman–Crippen MR) is 204 cm³/mol. The molecule has 0 unspecified atom stereocenters. The molecule has 2 aliphatic heterocycles. The molecule has 0 atom stereocenters. The Labute approximate surface area is 298 Å². The van der Waals surface area contributed by atoms with E-state index >= 15 is 0 Å². The molecule has 4 heterocycles. The summed E-state index contributed by atoms with van der Waals surface area (Å²) >= 11 is 3.64. The fourth-order valence-corrected chi connectivity index (χ4v) is 9.69. The Morgan fingerprint density at radius 3 is 2.37 bits per heavy atom. The van der Waals surface area contributed by atoms with Gasteiger partial charge in [0.15, 0.2) is 0 Å². The van der Waals surface area contributed by atoms with Gasteiger partial charge in [-0.05, 0) is 117 Å². The fourth-order valence-electron chi connectivity index (χ4n) is 7.75. The van der Waals surface area contributed by atoms with E-state index in [0.29, 0.717) is 33.9 Å². The van der Waals surface area contributed by atoms with Gasteiger partial charge in [0.2, 0.25) is 5.95 Å². The van der Waals surface area contributed by atoms with E-state index in [9.17, 15) is 4.57 Å². The molecule has 49 heavy (non-hydrogen) atoms. The Kier molecular flexibility index (Phi) is 9.79. The van der Waals surface area contributed by atoms with Crippen LogP contribution in [0.25, 0.3) is 11.1 Å². The Balaban J connectivity index is 1.18. The summed E-state index contributed by atoms with van der Waals surface area (Å²) in [6.45, 7) is 10.3. The zero-order valence-corrected chi connectivity index (χ0v) is 31.8. The molecular weight excluding hydrogens is 699 g/mol. The molecule has 260 valence electrons. The summed E-state index contributed by atoms with van der Waals surface area (Å²) < 4.78 is 22.1. The van der Waals surface area contributed by atoms with E-state index in [1.165, 1.54) is 50.8 Å². The number of rotatable bonds is 10. The maximum absolute atomic E-state index is 13.6.